The summed E-state index contributed by atoms with van der Waals surface area (Å²) in [6.45, 7) is 14.5. The quantitative estimate of drug-likeness (QED) is 0.325. The Bertz CT molecular complexity index is 1040. The summed E-state index contributed by atoms with van der Waals surface area (Å²) in [5.41, 5.74) is 2.97. The van der Waals surface area contributed by atoms with Crippen molar-refractivity contribution in [1.82, 2.24) is 0 Å². The summed E-state index contributed by atoms with van der Waals surface area (Å²) in [5.74, 6) is 0.937. The van der Waals surface area contributed by atoms with E-state index in [0.29, 0.717) is 30.6 Å². The van der Waals surface area contributed by atoms with Crippen LogP contribution in [0.5, 0.6) is 11.5 Å². The third-order valence-corrected chi connectivity index (χ3v) is 4.60. The molecular formula is C26H27NO4. The van der Waals surface area contributed by atoms with Gasteiger partial charge in [0.25, 0.3) is 0 Å². The molecule has 0 N–H and O–H groups in total. The summed E-state index contributed by atoms with van der Waals surface area (Å²) >= 11 is 0. The summed E-state index contributed by atoms with van der Waals surface area (Å²) in [7, 11) is 0. The van der Waals surface area contributed by atoms with E-state index >= 15 is 0 Å². The van der Waals surface area contributed by atoms with Gasteiger partial charge in [-0.3, -0.25) is 0 Å². The predicted molar refractivity (Wildman–Crippen MR) is 124 cm³/mol. The molecule has 0 aromatic heterocycles. The van der Waals surface area contributed by atoms with Crippen molar-refractivity contribution >= 4 is 17.9 Å². The summed E-state index contributed by atoms with van der Waals surface area (Å²) in [6.07, 6.45) is 4.97. The van der Waals surface area contributed by atoms with E-state index in [2.05, 4.69) is 38.9 Å². The van der Waals surface area contributed by atoms with Crippen molar-refractivity contribution in [2.75, 3.05) is 13.2 Å². The lowest BCUT2D eigenvalue weighted by molar-refractivity contribution is -0.129. The Morgan fingerprint density at radius 2 is 1.61 bits per heavy atom. The Balaban J connectivity index is 1.87. The van der Waals surface area contributed by atoms with Crippen molar-refractivity contribution in [3.8, 4) is 11.5 Å². The van der Waals surface area contributed by atoms with Crippen LogP contribution in [0.1, 0.15) is 37.5 Å². The van der Waals surface area contributed by atoms with Gasteiger partial charge in [-0.05, 0) is 46.9 Å². The van der Waals surface area contributed by atoms with Crippen LogP contribution in [0.25, 0.3) is 6.08 Å². The highest BCUT2D eigenvalue weighted by atomic mass is 16.6. The molecule has 1 aliphatic rings. The van der Waals surface area contributed by atoms with Crippen molar-refractivity contribution in [3.63, 3.8) is 0 Å². The van der Waals surface area contributed by atoms with Crippen LogP contribution in [0.2, 0.25) is 0 Å². The van der Waals surface area contributed by atoms with Crippen molar-refractivity contribution in [2.24, 2.45) is 4.99 Å². The smallest absolute Gasteiger partial charge is 0.363 e. The molecule has 1 heterocycles. The molecule has 0 unspecified atom stereocenters. The van der Waals surface area contributed by atoms with Crippen molar-refractivity contribution < 1.29 is 19.0 Å². The van der Waals surface area contributed by atoms with Gasteiger partial charge in [-0.15, -0.1) is 0 Å². The van der Waals surface area contributed by atoms with E-state index in [4.69, 9.17) is 14.2 Å². The van der Waals surface area contributed by atoms with Crippen LogP contribution in [-0.4, -0.2) is 25.1 Å². The van der Waals surface area contributed by atoms with E-state index in [-0.39, 0.29) is 11.1 Å². The molecule has 0 saturated carbocycles. The highest BCUT2D eigenvalue weighted by Gasteiger charge is 2.25. The fourth-order valence-electron chi connectivity index (χ4n) is 2.95. The average Bonchev–Trinajstić information content (AvgIpc) is 3.11. The Hall–Kier alpha value is -3.60. The standard InChI is InChI=1S/C26H27NO4/c1-6-14-29-22-13-8-18(17-23(22)30-15-7-2)16-21-25(28)31-24(27-21)19-9-11-20(12-10-19)26(3,4)5/h6-13,16-17H,1-2,14-15H2,3-5H3/b21-16-. The second-order valence-electron chi connectivity index (χ2n) is 8.07. The van der Waals surface area contributed by atoms with Crippen LogP contribution >= 0.6 is 0 Å². The van der Waals surface area contributed by atoms with E-state index in [1.165, 1.54) is 5.56 Å². The zero-order valence-corrected chi connectivity index (χ0v) is 18.2. The van der Waals surface area contributed by atoms with Gasteiger partial charge in [0.1, 0.15) is 13.2 Å². The van der Waals surface area contributed by atoms with Gasteiger partial charge in [-0.2, -0.15) is 0 Å². The predicted octanol–water partition coefficient (Wildman–Crippen LogP) is 5.46. The molecule has 160 valence electrons. The van der Waals surface area contributed by atoms with Crippen molar-refractivity contribution in [3.05, 3.63) is 90.2 Å². The monoisotopic (exact) mass is 417 g/mol. The number of benzene rings is 2. The fraction of sp³-hybridized carbons (Fsp3) is 0.231. The van der Waals surface area contributed by atoms with E-state index in [0.717, 1.165) is 11.1 Å². The summed E-state index contributed by atoms with van der Waals surface area (Å²) in [5, 5.41) is 0. The van der Waals surface area contributed by atoms with Gasteiger partial charge in [0.2, 0.25) is 5.90 Å². The number of ether oxygens (including phenoxy) is 3. The lowest BCUT2D eigenvalue weighted by Crippen LogP contribution is -2.11. The zero-order chi connectivity index (χ0) is 22.4. The molecule has 0 amide bonds. The lowest BCUT2D eigenvalue weighted by Gasteiger charge is -2.18. The molecule has 0 radical (unpaired) electrons. The second-order valence-corrected chi connectivity index (χ2v) is 8.07. The first-order valence-electron chi connectivity index (χ1n) is 10.1. The van der Waals surface area contributed by atoms with Gasteiger partial charge in [-0.25, -0.2) is 9.79 Å². The highest BCUT2D eigenvalue weighted by Crippen LogP contribution is 2.30. The number of nitrogens with zero attached hydrogens (tertiary/aromatic N) is 1. The molecule has 3 rings (SSSR count). The first-order valence-corrected chi connectivity index (χ1v) is 10.1. The van der Waals surface area contributed by atoms with E-state index in [1.807, 2.05) is 30.3 Å². The molecule has 5 nitrogen and oxygen atoms in total. The molecule has 0 saturated heterocycles. The molecule has 0 bridgehead atoms. The highest BCUT2D eigenvalue weighted by molar-refractivity contribution is 6.12. The average molecular weight is 418 g/mol. The van der Waals surface area contributed by atoms with Gasteiger partial charge in [0.15, 0.2) is 17.2 Å². The number of esters is 1. The Morgan fingerprint density at radius 3 is 2.23 bits per heavy atom. The second kappa shape index (κ2) is 9.47. The third-order valence-electron chi connectivity index (χ3n) is 4.60. The number of hydrogen-bond acceptors (Lipinski definition) is 5. The molecule has 0 aliphatic carbocycles. The molecule has 0 spiro atoms. The number of hydrogen-bond donors (Lipinski definition) is 0. The van der Waals surface area contributed by atoms with Gasteiger partial charge in [0.05, 0.1) is 0 Å². The minimum atomic E-state index is -0.490. The maximum atomic E-state index is 12.4. The van der Waals surface area contributed by atoms with E-state index in [9.17, 15) is 4.79 Å². The zero-order valence-electron chi connectivity index (χ0n) is 18.2. The Kier molecular flexibility index (Phi) is 6.75. The van der Waals surface area contributed by atoms with Crippen LogP contribution in [0.3, 0.4) is 0 Å². The normalized spacial score (nSPS) is 14.7. The SMILES string of the molecule is C=CCOc1ccc(/C=C2\N=C(c3ccc(C(C)(C)C)cc3)OC2=O)cc1OCC=C. The Morgan fingerprint density at radius 1 is 0.968 bits per heavy atom. The van der Waals surface area contributed by atoms with Crippen LogP contribution in [0.4, 0.5) is 0 Å². The molecular weight excluding hydrogens is 390 g/mol. The molecule has 2 aromatic rings. The number of aliphatic imine (C=N–C) groups is 1. The van der Waals surface area contributed by atoms with Gasteiger partial charge in [-0.1, -0.05) is 64.3 Å². The van der Waals surface area contributed by atoms with Crippen LogP contribution in [0.15, 0.2) is 78.5 Å². The molecule has 5 heteroatoms. The summed E-state index contributed by atoms with van der Waals surface area (Å²) in [6, 6.07) is 13.3. The largest absolute Gasteiger partial charge is 0.486 e. The topological polar surface area (TPSA) is 57.1 Å². The molecule has 0 fully saturated rings. The minimum absolute atomic E-state index is 0.0463. The number of carbonyl (C=O) groups excluding carboxylic acids is 1. The van der Waals surface area contributed by atoms with Crippen LogP contribution in [-0.2, 0) is 14.9 Å². The van der Waals surface area contributed by atoms with Crippen molar-refractivity contribution in [2.45, 2.75) is 26.2 Å². The number of carbonyl (C=O) groups is 1. The van der Waals surface area contributed by atoms with Gasteiger partial charge in [0, 0.05) is 5.56 Å². The van der Waals surface area contributed by atoms with Gasteiger partial charge >= 0.3 is 5.97 Å². The third kappa shape index (κ3) is 5.51. The summed E-state index contributed by atoms with van der Waals surface area (Å²) in [4.78, 5) is 16.8. The van der Waals surface area contributed by atoms with Crippen LogP contribution < -0.4 is 9.47 Å². The molecule has 31 heavy (non-hydrogen) atoms. The van der Waals surface area contributed by atoms with Gasteiger partial charge < -0.3 is 14.2 Å². The minimum Gasteiger partial charge on any atom is -0.486 e. The van der Waals surface area contributed by atoms with E-state index < -0.39 is 5.97 Å². The fourth-order valence-corrected chi connectivity index (χ4v) is 2.95. The van der Waals surface area contributed by atoms with E-state index in [1.54, 1.807) is 30.4 Å². The number of rotatable bonds is 8. The van der Waals surface area contributed by atoms with Crippen molar-refractivity contribution in [1.29, 1.82) is 0 Å². The Labute approximate surface area is 183 Å². The maximum Gasteiger partial charge on any atom is 0.363 e. The maximum absolute atomic E-state index is 12.4. The molecule has 1 aliphatic heterocycles. The summed E-state index contributed by atoms with van der Waals surface area (Å²) < 4.78 is 16.7. The first-order chi connectivity index (χ1) is 14.8. The molecule has 0 atom stereocenters. The first kappa shape index (κ1) is 22.1. The van der Waals surface area contributed by atoms with Crippen LogP contribution in [0, 0.1) is 0 Å². The lowest BCUT2D eigenvalue weighted by atomic mass is 9.87. The molecule has 2 aromatic carbocycles. The number of cyclic esters (lactones) is 1.